The van der Waals surface area contributed by atoms with Crippen LogP contribution >= 0.6 is 0 Å². The summed E-state index contributed by atoms with van der Waals surface area (Å²) >= 11 is 0. The first-order chi connectivity index (χ1) is 12.5. The Bertz CT molecular complexity index is 727. The molecule has 1 heterocycles. The Morgan fingerprint density at radius 2 is 1.85 bits per heavy atom. The summed E-state index contributed by atoms with van der Waals surface area (Å²) in [4.78, 5) is 2.16. The Balaban J connectivity index is 2.06. The second-order valence-electron chi connectivity index (χ2n) is 6.59. The molecule has 0 unspecified atom stereocenters. The van der Waals surface area contributed by atoms with Crippen LogP contribution in [-0.2, 0) is 0 Å². The lowest BCUT2D eigenvalue weighted by Crippen LogP contribution is -2.45. The Morgan fingerprint density at radius 1 is 1.12 bits per heavy atom. The number of alkyl halides is 3. The Labute approximate surface area is 152 Å². The van der Waals surface area contributed by atoms with Gasteiger partial charge in [-0.2, -0.15) is 13.2 Å². The average molecular weight is 366 g/mol. The highest BCUT2D eigenvalue weighted by Gasteiger charge is 2.33. The van der Waals surface area contributed by atoms with Crippen molar-refractivity contribution in [1.82, 2.24) is 10.2 Å². The van der Waals surface area contributed by atoms with Crippen molar-refractivity contribution < 1.29 is 17.9 Å². The van der Waals surface area contributed by atoms with Gasteiger partial charge in [0, 0.05) is 44.2 Å². The average Bonchev–Trinajstić information content (AvgIpc) is 2.63. The lowest BCUT2D eigenvalue weighted by molar-refractivity contribution is -0.138. The van der Waals surface area contributed by atoms with Gasteiger partial charge in [0.25, 0.3) is 0 Å². The number of hydrogen-bond acceptors (Lipinski definition) is 3. The SMILES string of the molecule is CCOc1ccc2ccccc2c1[C@@H](CCC(F)(F)F)N1CCNCC1. The number of halogens is 3. The molecule has 2 aromatic rings. The van der Waals surface area contributed by atoms with E-state index in [0.717, 1.165) is 42.5 Å². The van der Waals surface area contributed by atoms with Crippen LogP contribution in [0.1, 0.15) is 31.4 Å². The summed E-state index contributed by atoms with van der Waals surface area (Å²) in [6.45, 7) is 5.43. The van der Waals surface area contributed by atoms with Gasteiger partial charge >= 0.3 is 6.18 Å². The molecular formula is C20H25F3N2O. The third kappa shape index (κ3) is 4.48. The van der Waals surface area contributed by atoms with Crippen molar-refractivity contribution in [2.45, 2.75) is 32.0 Å². The lowest BCUT2D eigenvalue weighted by Gasteiger charge is -2.36. The van der Waals surface area contributed by atoms with E-state index in [-0.39, 0.29) is 12.5 Å². The largest absolute Gasteiger partial charge is 0.494 e. The minimum Gasteiger partial charge on any atom is -0.494 e. The first-order valence-corrected chi connectivity index (χ1v) is 9.15. The minimum absolute atomic E-state index is 0.0393. The molecule has 1 aliphatic heterocycles. The summed E-state index contributed by atoms with van der Waals surface area (Å²) in [5, 5.41) is 5.28. The van der Waals surface area contributed by atoms with Gasteiger partial charge in [-0.05, 0) is 30.2 Å². The van der Waals surface area contributed by atoms with Gasteiger partial charge in [-0.1, -0.05) is 30.3 Å². The molecular weight excluding hydrogens is 341 g/mol. The third-order valence-electron chi connectivity index (χ3n) is 4.86. The van der Waals surface area contributed by atoms with Crippen LogP contribution in [-0.4, -0.2) is 43.9 Å². The van der Waals surface area contributed by atoms with Crippen LogP contribution in [0, 0.1) is 0 Å². The summed E-state index contributed by atoms with van der Waals surface area (Å²) in [6, 6.07) is 11.4. The van der Waals surface area contributed by atoms with E-state index in [0.29, 0.717) is 12.4 Å². The number of nitrogens with one attached hydrogen (secondary N) is 1. The van der Waals surface area contributed by atoms with Crippen LogP contribution in [0.4, 0.5) is 13.2 Å². The fraction of sp³-hybridized carbons (Fsp3) is 0.500. The predicted octanol–water partition coefficient (Wildman–Crippen LogP) is 4.53. The van der Waals surface area contributed by atoms with Gasteiger partial charge in [0.1, 0.15) is 5.75 Å². The normalized spacial score (nSPS) is 17.4. The maximum absolute atomic E-state index is 13.0. The second kappa shape index (κ2) is 8.27. The molecule has 2 aromatic carbocycles. The Kier molecular flexibility index (Phi) is 6.04. The highest BCUT2D eigenvalue weighted by atomic mass is 19.4. The minimum atomic E-state index is -4.16. The monoisotopic (exact) mass is 366 g/mol. The first kappa shape index (κ1) is 19.0. The van der Waals surface area contributed by atoms with Gasteiger partial charge in [-0.15, -0.1) is 0 Å². The summed E-state index contributed by atoms with van der Waals surface area (Å²) in [7, 11) is 0. The van der Waals surface area contributed by atoms with E-state index in [4.69, 9.17) is 4.74 Å². The zero-order valence-electron chi connectivity index (χ0n) is 15.0. The standard InChI is InChI=1S/C20H25F3N2O/c1-2-26-18-8-7-15-5-3-4-6-16(15)19(18)17(9-10-20(21,22)23)25-13-11-24-12-14-25/h3-8,17,24H,2,9-14H2,1H3/t17-/m1/s1. The van der Waals surface area contributed by atoms with E-state index in [1.165, 1.54) is 0 Å². The molecule has 3 rings (SSSR count). The number of fused-ring (bicyclic) bond motifs is 1. The molecule has 1 atom stereocenters. The Hall–Kier alpha value is -1.79. The fourth-order valence-corrected chi connectivity index (χ4v) is 3.70. The molecule has 0 aliphatic carbocycles. The molecule has 0 bridgehead atoms. The smallest absolute Gasteiger partial charge is 0.389 e. The zero-order valence-corrected chi connectivity index (χ0v) is 15.0. The van der Waals surface area contributed by atoms with Crippen molar-refractivity contribution in [2.24, 2.45) is 0 Å². The maximum atomic E-state index is 13.0. The molecule has 1 aliphatic rings. The number of piperazine rings is 1. The van der Waals surface area contributed by atoms with E-state index < -0.39 is 12.6 Å². The number of rotatable bonds is 6. The lowest BCUT2D eigenvalue weighted by atomic mass is 9.93. The van der Waals surface area contributed by atoms with E-state index >= 15 is 0 Å². The van der Waals surface area contributed by atoms with Crippen LogP contribution in [0.2, 0.25) is 0 Å². The van der Waals surface area contributed by atoms with E-state index in [2.05, 4.69) is 10.2 Å². The van der Waals surface area contributed by atoms with Crippen LogP contribution in [0.3, 0.4) is 0 Å². The van der Waals surface area contributed by atoms with E-state index in [9.17, 15) is 13.2 Å². The number of benzene rings is 2. The highest BCUT2D eigenvalue weighted by Crippen LogP contribution is 2.40. The van der Waals surface area contributed by atoms with Crippen molar-refractivity contribution >= 4 is 10.8 Å². The maximum Gasteiger partial charge on any atom is 0.389 e. The molecule has 1 N–H and O–H groups in total. The predicted molar refractivity (Wildman–Crippen MR) is 97.6 cm³/mol. The fourth-order valence-electron chi connectivity index (χ4n) is 3.70. The van der Waals surface area contributed by atoms with Crippen LogP contribution < -0.4 is 10.1 Å². The van der Waals surface area contributed by atoms with Crippen LogP contribution in [0.5, 0.6) is 5.75 Å². The van der Waals surface area contributed by atoms with Crippen molar-refractivity contribution in [3.8, 4) is 5.75 Å². The van der Waals surface area contributed by atoms with Crippen molar-refractivity contribution in [1.29, 1.82) is 0 Å². The summed E-state index contributed by atoms with van der Waals surface area (Å²) in [5.74, 6) is 0.692. The van der Waals surface area contributed by atoms with Gasteiger partial charge in [-0.3, -0.25) is 4.90 Å². The van der Waals surface area contributed by atoms with Crippen LogP contribution in [0.15, 0.2) is 36.4 Å². The van der Waals surface area contributed by atoms with Crippen molar-refractivity contribution in [2.75, 3.05) is 32.8 Å². The highest BCUT2D eigenvalue weighted by molar-refractivity contribution is 5.88. The topological polar surface area (TPSA) is 24.5 Å². The van der Waals surface area contributed by atoms with Gasteiger partial charge in [0.15, 0.2) is 0 Å². The summed E-state index contributed by atoms with van der Waals surface area (Å²) in [5.41, 5.74) is 0.885. The molecule has 26 heavy (non-hydrogen) atoms. The quantitative estimate of drug-likeness (QED) is 0.813. The molecule has 1 saturated heterocycles. The molecule has 0 aromatic heterocycles. The molecule has 0 amide bonds. The van der Waals surface area contributed by atoms with E-state index in [1.54, 1.807) is 0 Å². The first-order valence-electron chi connectivity index (χ1n) is 9.15. The summed E-state index contributed by atoms with van der Waals surface area (Å²) in [6.07, 6.45) is -4.92. The van der Waals surface area contributed by atoms with Gasteiger partial charge in [0.2, 0.25) is 0 Å². The number of ether oxygens (including phenoxy) is 1. The molecule has 0 spiro atoms. The third-order valence-corrected chi connectivity index (χ3v) is 4.86. The molecule has 3 nitrogen and oxygen atoms in total. The van der Waals surface area contributed by atoms with E-state index in [1.807, 2.05) is 43.3 Å². The number of nitrogens with zero attached hydrogens (tertiary/aromatic N) is 1. The molecule has 0 radical (unpaired) electrons. The number of hydrogen-bond donors (Lipinski definition) is 1. The van der Waals surface area contributed by atoms with Gasteiger partial charge in [-0.25, -0.2) is 0 Å². The van der Waals surface area contributed by atoms with Crippen molar-refractivity contribution in [3.63, 3.8) is 0 Å². The molecule has 1 fully saturated rings. The molecule has 142 valence electrons. The van der Waals surface area contributed by atoms with Crippen LogP contribution in [0.25, 0.3) is 10.8 Å². The van der Waals surface area contributed by atoms with Crippen molar-refractivity contribution in [3.05, 3.63) is 42.0 Å². The summed E-state index contributed by atoms with van der Waals surface area (Å²) < 4.78 is 44.8. The van der Waals surface area contributed by atoms with Gasteiger partial charge in [0.05, 0.1) is 6.61 Å². The second-order valence-corrected chi connectivity index (χ2v) is 6.59. The Morgan fingerprint density at radius 3 is 2.54 bits per heavy atom. The van der Waals surface area contributed by atoms with Gasteiger partial charge < -0.3 is 10.1 Å². The molecule has 6 heteroatoms. The molecule has 0 saturated carbocycles. The zero-order chi connectivity index (χ0) is 18.6.